The Hall–Kier alpha value is -2.42. The van der Waals surface area contributed by atoms with Crippen molar-refractivity contribution in [1.82, 2.24) is 10.2 Å². The first-order valence-electron chi connectivity index (χ1n) is 10.4. The molecule has 3 N–H and O–H groups in total. The number of hydrogen-bond acceptors (Lipinski definition) is 4. The van der Waals surface area contributed by atoms with E-state index in [1.807, 2.05) is 36.4 Å². The Labute approximate surface area is 190 Å². The highest BCUT2D eigenvalue weighted by molar-refractivity contribution is 9.10. The Morgan fingerprint density at radius 2 is 1.84 bits per heavy atom. The van der Waals surface area contributed by atoms with Gasteiger partial charge < -0.3 is 25.6 Å². The lowest BCUT2D eigenvalue weighted by molar-refractivity contribution is -0.119. The van der Waals surface area contributed by atoms with Gasteiger partial charge in [-0.25, -0.2) is 4.79 Å². The number of nitrogens with one attached hydrogen (secondary N) is 3. The van der Waals surface area contributed by atoms with E-state index >= 15 is 0 Å². The van der Waals surface area contributed by atoms with Gasteiger partial charge in [0.1, 0.15) is 6.04 Å². The molecule has 0 aliphatic carbocycles. The van der Waals surface area contributed by atoms with E-state index in [4.69, 9.17) is 4.74 Å². The van der Waals surface area contributed by atoms with Crippen LogP contribution < -0.4 is 16.0 Å². The third-order valence-corrected chi connectivity index (χ3v) is 6.42. The van der Waals surface area contributed by atoms with E-state index in [1.54, 1.807) is 12.0 Å². The van der Waals surface area contributed by atoms with Gasteiger partial charge in [0.05, 0.1) is 6.10 Å². The molecule has 4 rings (SSSR count). The minimum absolute atomic E-state index is 0.179. The van der Waals surface area contributed by atoms with E-state index in [0.29, 0.717) is 24.7 Å². The molecule has 1 unspecified atom stereocenters. The van der Waals surface area contributed by atoms with Crippen LogP contribution in [0.3, 0.4) is 0 Å². The molecule has 31 heavy (non-hydrogen) atoms. The van der Waals surface area contributed by atoms with Crippen molar-refractivity contribution < 1.29 is 14.3 Å². The quantitative estimate of drug-likeness (QED) is 0.614. The molecule has 2 aliphatic heterocycles. The van der Waals surface area contributed by atoms with Crippen LogP contribution in [0.4, 0.5) is 16.2 Å². The standard InChI is InChI=1S/C23H27BrN4O3/c1-14-9-16-10-19(6-3-15(16)12-25-14)26-22(29)21-11-20(31-2)13-28(21)23(30)27-18-7-4-17(24)5-8-18/h3-8,10,14,20-21,25H,9,11-13H2,1-2H3,(H,26,29)(H,27,30)/t14?,20-,21-/m1/s1. The fourth-order valence-corrected chi connectivity index (χ4v) is 4.41. The summed E-state index contributed by atoms with van der Waals surface area (Å²) in [5, 5.41) is 9.32. The maximum atomic E-state index is 13.1. The first-order valence-corrected chi connectivity index (χ1v) is 11.2. The largest absolute Gasteiger partial charge is 0.380 e. The molecule has 1 fully saturated rings. The van der Waals surface area contributed by atoms with Crippen LogP contribution in [0, 0.1) is 0 Å². The van der Waals surface area contributed by atoms with Crippen molar-refractivity contribution in [3.8, 4) is 0 Å². The van der Waals surface area contributed by atoms with Gasteiger partial charge >= 0.3 is 6.03 Å². The van der Waals surface area contributed by atoms with E-state index in [0.717, 1.165) is 23.1 Å². The molecule has 0 saturated carbocycles. The highest BCUT2D eigenvalue weighted by Crippen LogP contribution is 2.25. The van der Waals surface area contributed by atoms with Crippen LogP contribution in [-0.4, -0.2) is 48.7 Å². The second-order valence-electron chi connectivity index (χ2n) is 8.16. The second kappa shape index (κ2) is 9.38. The van der Waals surface area contributed by atoms with Crippen molar-refractivity contribution >= 4 is 39.2 Å². The summed E-state index contributed by atoms with van der Waals surface area (Å²) in [5.41, 5.74) is 3.93. The van der Waals surface area contributed by atoms with Gasteiger partial charge in [-0.05, 0) is 60.9 Å². The number of amides is 3. The lowest BCUT2D eigenvalue weighted by Crippen LogP contribution is -2.45. The minimum atomic E-state index is -0.600. The molecule has 3 atom stereocenters. The molecule has 7 nitrogen and oxygen atoms in total. The molecule has 3 amide bonds. The number of likely N-dealkylation sites (tertiary alicyclic amines) is 1. The number of carbonyl (C=O) groups excluding carboxylic acids is 2. The molecule has 0 aromatic heterocycles. The highest BCUT2D eigenvalue weighted by Gasteiger charge is 2.40. The Kier molecular flexibility index (Phi) is 6.60. The molecule has 2 aromatic carbocycles. The van der Waals surface area contributed by atoms with Crippen molar-refractivity contribution in [2.75, 3.05) is 24.3 Å². The lowest BCUT2D eigenvalue weighted by Gasteiger charge is -2.25. The minimum Gasteiger partial charge on any atom is -0.380 e. The third-order valence-electron chi connectivity index (χ3n) is 5.90. The highest BCUT2D eigenvalue weighted by atomic mass is 79.9. The first-order chi connectivity index (χ1) is 14.9. The molecule has 2 aliphatic rings. The number of benzene rings is 2. The Balaban J connectivity index is 1.46. The van der Waals surface area contributed by atoms with E-state index in [-0.39, 0.29) is 18.0 Å². The van der Waals surface area contributed by atoms with Gasteiger partial charge in [-0.3, -0.25) is 4.79 Å². The van der Waals surface area contributed by atoms with Crippen LogP contribution >= 0.6 is 15.9 Å². The van der Waals surface area contributed by atoms with Crippen LogP contribution in [0.2, 0.25) is 0 Å². The van der Waals surface area contributed by atoms with Crippen LogP contribution in [0.15, 0.2) is 46.9 Å². The summed E-state index contributed by atoms with van der Waals surface area (Å²) < 4.78 is 6.39. The van der Waals surface area contributed by atoms with Gasteiger partial charge in [0.15, 0.2) is 0 Å². The summed E-state index contributed by atoms with van der Waals surface area (Å²) in [4.78, 5) is 27.6. The summed E-state index contributed by atoms with van der Waals surface area (Å²) in [6, 6.07) is 12.8. The molecule has 1 saturated heterocycles. The van der Waals surface area contributed by atoms with Gasteiger partial charge in [0.25, 0.3) is 0 Å². The summed E-state index contributed by atoms with van der Waals surface area (Å²) in [5.74, 6) is -0.201. The molecule has 2 aromatic rings. The number of halogens is 1. The molecule has 2 heterocycles. The fraction of sp³-hybridized carbons (Fsp3) is 0.391. The Bertz CT molecular complexity index is 966. The summed E-state index contributed by atoms with van der Waals surface area (Å²) >= 11 is 3.39. The van der Waals surface area contributed by atoms with E-state index < -0.39 is 6.04 Å². The topological polar surface area (TPSA) is 82.7 Å². The molecule has 8 heteroatoms. The second-order valence-corrected chi connectivity index (χ2v) is 9.07. The maximum absolute atomic E-state index is 13.1. The number of hydrogen-bond donors (Lipinski definition) is 3. The van der Waals surface area contributed by atoms with Crippen molar-refractivity contribution in [3.05, 3.63) is 58.1 Å². The van der Waals surface area contributed by atoms with Crippen molar-refractivity contribution in [1.29, 1.82) is 0 Å². The number of anilines is 2. The monoisotopic (exact) mass is 486 g/mol. The lowest BCUT2D eigenvalue weighted by atomic mass is 9.96. The van der Waals surface area contributed by atoms with Crippen molar-refractivity contribution in [3.63, 3.8) is 0 Å². The van der Waals surface area contributed by atoms with Crippen molar-refractivity contribution in [2.45, 2.75) is 44.5 Å². The summed E-state index contributed by atoms with van der Waals surface area (Å²) in [6.45, 7) is 3.36. The van der Waals surface area contributed by atoms with Crippen LogP contribution in [0.5, 0.6) is 0 Å². The summed E-state index contributed by atoms with van der Waals surface area (Å²) in [6.07, 6.45) is 1.21. The number of carbonyl (C=O) groups is 2. The van der Waals surface area contributed by atoms with E-state index in [2.05, 4.69) is 44.9 Å². The van der Waals surface area contributed by atoms with Crippen LogP contribution in [0.25, 0.3) is 0 Å². The summed E-state index contributed by atoms with van der Waals surface area (Å²) in [7, 11) is 1.61. The number of rotatable bonds is 4. The fourth-order valence-electron chi connectivity index (χ4n) is 4.15. The van der Waals surface area contributed by atoms with Gasteiger partial charge in [-0.1, -0.05) is 22.0 Å². The zero-order valence-corrected chi connectivity index (χ0v) is 19.2. The number of ether oxygens (including phenoxy) is 1. The smallest absolute Gasteiger partial charge is 0.322 e. The van der Waals surface area contributed by atoms with E-state index in [1.165, 1.54) is 11.1 Å². The molecule has 164 valence electrons. The van der Waals surface area contributed by atoms with Crippen LogP contribution in [-0.2, 0) is 22.5 Å². The predicted octanol–water partition coefficient (Wildman–Crippen LogP) is 3.74. The molecule has 0 spiro atoms. The number of fused-ring (bicyclic) bond motifs is 1. The average molecular weight is 487 g/mol. The van der Waals surface area contributed by atoms with Gasteiger partial charge in [0.2, 0.25) is 5.91 Å². The Morgan fingerprint density at radius 3 is 2.58 bits per heavy atom. The van der Waals surface area contributed by atoms with Gasteiger partial charge in [-0.15, -0.1) is 0 Å². The van der Waals surface area contributed by atoms with Crippen LogP contribution in [0.1, 0.15) is 24.5 Å². The SMILES string of the molecule is CO[C@@H]1C[C@H](C(=O)Nc2ccc3c(c2)CC(C)NC3)N(C(=O)Nc2ccc(Br)cc2)C1. The van der Waals surface area contributed by atoms with Gasteiger partial charge in [-0.2, -0.15) is 0 Å². The first kappa shape index (κ1) is 21.8. The normalized spacial score (nSPS) is 22.7. The zero-order chi connectivity index (χ0) is 22.0. The molecule has 0 bridgehead atoms. The molecule has 0 radical (unpaired) electrons. The maximum Gasteiger partial charge on any atom is 0.322 e. The molecular formula is C23H27BrN4O3. The van der Waals surface area contributed by atoms with Crippen molar-refractivity contribution in [2.24, 2.45) is 0 Å². The Morgan fingerprint density at radius 1 is 1.10 bits per heavy atom. The number of urea groups is 1. The predicted molar refractivity (Wildman–Crippen MR) is 124 cm³/mol. The zero-order valence-electron chi connectivity index (χ0n) is 17.7. The third kappa shape index (κ3) is 5.08. The average Bonchev–Trinajstić information content (AvgIpc) is 3.20. The van der Waals surface area contributed by atoms with E-state index in [9.17, 15) is 9.59 Å². The number of methoxy groups -OCH3 is 1. The molecular weight excluding hydrogens is 460 g/mol. The number of nitrogens with zero attached hydrogens (tertiary/aromatic N) is 1. The van der Waals surface area contributed by atoms with Gasteiger partial charge in [0, 0.05) is 48.5 Å².